The second-order valence-electron chi connectivity index (χ2n) is 5.47. The predicted molar refractivity (Wildman–Crippen MR) is 88.9 cm³/mol. The lowest BCUT2D eigenvalue weighted by molar-refractivity contribution is -0.274. The van der Waals surface area contributed by atoms with E-state index < -0.39 is 6.36 Å². The van der Waals surface area contributed by atoms with Crippen LogP contribution in [0.2, 0.25) is 0 Å². The van der Waals surface area contributed by atoms with Crippen LogP contribution >= 0.6 is 15.9 Å². The van der Waals surface area contributed by atoms with Gasteiger partial charge < -0.3 is 19.5 Å². The zero-order valence-corrected chi connectivity index (χ0v) is 14.6. The van der Waals surface area contributed by atoms with Gasteiger partial charge in [0.25, 0.3) is 0 Å². The number of halogens is 4. The summed E-state index contributed by atoms with van der Waals surface area (Å²) < 4.78 is 53.2. The fourth-order valence-corrected chi connectivity index (χ4v) is 2.55. The predicted octanol–water partition coefficient (Wildman–Crippen LogP) is 4.28. The van der Waals surface area contributed by atoms with Gasteiger partial charge in [-0.2, -0.15) is 0 Å². The Kier molecular flexibility index (Phi) is 5.39. The van der Waals surface area contributed by atoms with Gasteiger partial charge in [0.2, 0.25) is 0 Å². The summed E-state index contributed by atoms with van der Waals surface area (Å²) in [4.78, 5) is 0. The van der Waals surface area contributed by atoms with Crippen LogP contribution in [0.25, 0.3) is 0 Å². The highest BCUT2D eigenvalue weighted by Gasteiger charge is 2.31. The van der Waals surface area contributed by atoms with Crippen molar-refractivity contribution in [3.63, 3.8) is 0 Å². The first kappa shape index (κ1) is 17.9. The Bertz CT molecular complexity index is 735. The summed E-state index contributed by atoms with van der Waals surface area (Å²) in [6, 6.07) is 11.1. The highest BCUT2D eigenvalue weighted by molar-refractivity contribution is 9.10. The molecule has 0 aromatic heterocycles. The maximum Gasteiger partial charge on any atom is 0.573 e. The molecule has 0 saturated carbocycles. The Morgan fingerprint density at radius 2 is 1.88 bits per heavy atom. The molecule has 0 radical (unpaired) electrons. The van der Waals surface area contributed by atoms with E-state index in [1.165, 1.54) is 18.2 Å². The molecule has 0 amide bonds. The van der Waals surface area contributed by atoms with Crippen LogP contribution in [-0.2, 0) is 6.61 Å². The van der Waals surface area contributed by atoms with Crippen LogP contribution in [0.3, 0.4) is 0 Å². The van der Waals surface area contributed by atoms with E-state index in [1.54, 1.807) is 18.2 Å². The summed E-state index contributed by atoms with van der Waals surface area (Å²) in [5.74, 6) is 0.835. The number of alkyl halides is 3. The molecule has 1 fully saturated rings. The Hall–Kier alpha value is -1.93. The first-order valence-electron chi connectivity index (χ1n) is 7.53. The average molecular weight is 418 g/mol. The van der Waals surface area contributed by atoms with E-state index in [-0.39, 0.29) is 18.5 Å². The summed E-state index contributed by atoms with van der Waals surface area (Å²) >= 11 is 3.39. The maximum atomic E-state index is 12.3. The van der Waals surface area contributed by atoms with Gasteiger partial charge in [-0.15, -0.1) is 13.2 Å². The number of hydrogen-bond donors (Lipinski definition) is 1. The van der Waals surface area contributed by atoms with Gasteiger partial charge in [-0.3, -0.25) is 0 Å². The molecule has 1 aliphatic heterocycles. The molecule has 25 heavy (non-hydrogen) atoms. The average Bonchev–Trinajstić information content (AvgIpc) is 2.49. The first-order valence-corrected chi connectivity index (χ1v) is 8.33. The Labute approximate surface area is 151 Å². The first-order chi connectivity index (χ1) is 11.9. The number of nitrogens with one attached hydrogen (secondary N) is 1. The largest absolute Gasteiger partial charge is 0.573 e. The molecule has 2 aromatic rings. The minimum absolute atomic E-state index is 0.0835. The number of ether oxygens (including phenoxy) is 3. The SMILES string of the molecule is FC(F)(F)Oc1cccc(COc2ccc(Br)cc2OC2CNC2)c1. The molecular weight excluding hydrogens is 403 g/mol. The van der Waals surface area contributed by atoms with Crippen molar-refractivity contribution >= 4 is 15.9 Å². The number of rotatable bonds is 6. The van der Waals surface area contributed by atoms with E-state index in [9.17, 15) is 13.2 Å². The lowest BCUT2D eigenvalue weighted by Crippen LogP contribution is -2.50. The molecule has 1 saturated heterocycles. The van der Waals surface area contributed by atoms with Gasteiger partial charge in [0.1, 0.15) is 18.5 Å². The molecule has 0 spiro atoms. The van der Waals surface area contributed by atoms with Crippen molar-refractivity contribution in [2.45, 2.75) is 19.1 Å². The van der Waals surface area contributed by atoms with Gasteiger partial charge in [0.05, 0.1) is 0 Å². The third-order valence-corrected chi connectivity index (χ3v) is 3.96. The summed E-state index contributed by atoms with van der Waals surface area (Å²) in [5.41, 5.74) is 0.556. The zero-order chi connectivity index (χ0) is 17.9. The van der Waals surface area contributed by atoms with Crippen LogP contribution in [0, 0.1) is 0 Å². The van der Waals surface area contributed by atoms with E-state index in [2.05, 4.69) is 26.0 Å². The van der Waals surface area contributed by atoms with E-state index in [1.807, 2.05) is 6.07 Å². The van der Waals surface area contributed by atoms with Crippen LogP contribution in [0.15, 0.2) is 46.9 Å². The van der Waals surface area contributed by atoms with E-state index in [0.29, 0.717) is 17.1 Å². The van der Waals surface area contributed by atoms with Gasteiger partial charge in [0.15, 0.2) is 11.5 Å². The third kappa shape index (κ3) is 5.27. The maximum absolute atomic E-state index is 12.3. The molecule has 4 nitrogen and oxygen atoms in total. The minimum Gasteiger partial charge on any atom is -0.485 e. The van der Waals surface area contributed by atoms with Crippen molar-refractivity contribution < 1.29 is 27.4 Å². The molecule has 0 bridgehead atoms. The summed E-state index contributed by atoms with van der Waals surface area (Å²) in [6.45, 7) is 1.63. The smallest absolute Gasteiger partial charge is 0.485 e. The summed E-state index contributed by atoms with van der Waals surface area (Å²) in [7, 11) is 0. The Morgan fingerprint density at radius 1 is 1.08 bits per heavy atom. The van der Waals surface area contributed by atoms with Gasteiger partial charge >= 0.3 is 6.36 Å². The van der Waals surface area contributed by atoms with Crippen molar-refractivity contribution in [2.75, 3.05) is 13.1 Å². The van der Waals surface area contributed by atoms with Crippen LogP contribution in [-0.4, -0.2) is 25.6 Å². The second-order valence-corrected chi connectivity index (χ2v) is 6.39. The fourth-order valence-electron chi connectivity index (χ4n) is 2.21. The Morgan fingerprint density at radius 3 is 2.56 bits per heavy atom. The molecular formula is C17H15BrF3NO3. The van der Waals surface area contributed by atoms with Crippen molar-refractivity contribution in [2.24, 2.45) is 0 Å². The van der Waals surface area contributed by atoms with Crippen molar-refractivity contribution in [1.29, 1.82) is 0 Å². The van der Waals surface area contributed by atoms with Crippen LogP contribution in [0.1, 0.15) is 5.56 Å². The van der Waals surface area contributed by atoms with E-state index >= 15 is 0 Å². The molecule has 8 heteroatoms. The fraction of sp³-hybridized carbons (Fsp3) is 0.294. The standard InChI is InChI=1S/C17H15BrF3NO3/c18-12-4-5-15(16(7-12)24-14-8-22-9-14)23-10-11-2-1-3-13(6-11)25-17(19,20)21/h1-7,14,22H,8-10H2. The molecule has 1 heterocycles. The normalized spacial score (nSPS) is 14.7. The van der Waals surface area contributed by atoms with E-state index in [0.717, 1.165) is 17.6 Å². The number of benzene rings is 2. The van der Waals surface area contributed by atoms with Crippen molar-refractivity contribution in [1.82, 2.24) is 5.32 Å². The van der Waals surface area contributed by atoms with E-state index in [4.69, 9.17) is 9.47 Å². The van der Waals surface area contributed by atoms with Crippen LogP contribution in [0.4, 0.5) is 13.2 Å². The molecule has 134 valence electrons. The van der Waals surface area contributed by atoms with Crippen LogP contribution < -0.4 is 19.5 Å². The minimum atomic E-state index is -4.72. The Balaban J connectivity index is 1.68. The molecule has 0 aliphatic carbocycles. The quantitative estimate of drug-likeness (QED) is 0.761. The summed E-state index contributed by atoms with van der Waals surface area (Å²) in [5, 5.41) is 3.11. The zero-order valence-electron chi connectivity index (χ0n) is 13.0. The van der Waals surface area contributed by atoms with Gasteiger partial charge in [-0.05, 0) is 35.9 Å². The van der Waals surface area contributed by atoms with Gasteiger partial charge in [0, 0.05) is 17.6 Å². The highest BCUT2D eigenvalue weighted by atomic mass is 79.9. The second kappa shape index (κ2) is 7.53. The molecule has 0 atom stereocenters. The highest BCUT2D eigenvalue weighted by Crippen LogP contribution is 2.33. The lowest BCUT2D eigenvalue weighted by Gasteiger charge is -2.28. The molecule has 1 aliphatic rings. The van der Waals surface area contributed by atoms with Crippen molar-refractivity contribution in [3.05, 3.63) is 52.5 Å². The molecule has 0 unspecified atom stereocenters. The monoisotopic (exact) mass is 417 g/mol. The van der Waals surface area contributed by atoms with Gasteiger partial charge in [-0.1, -0.05) is 28.1 Å². The third-order valence-electron chi connectivity index (χ3n) is 3.47. The molecule has 2 aromatic carbocycles. The summed E-state index contributed by atoms with van der Waals surface area (Å²) in [6.07, 6.45) is -4.64. The van der Waals surface area contributed by atoms with Crippen molar-refractivity contribution in [3.8, 4) is 17.2 Å². The lowest BCUT2D eigenvalue weighted by atomic mass is 10.2. The topological polar surface area (TPSA) is 39.7 Å². The van der Waals surface area contributed by atoms with Gasteiger partial charge in [-0.25, -0.2) is 0 Å². The molecule has 3 rings (SSSR count). The number of hydrogen-bond acceptors (Lipinski definition) is 4. The van der Waals surface area contributed by atoms with Crippen LogP contribution in [0.5, 0.6) is 17.2 Å². The molecule has 1 N–H and O–H groups in total.